The molecule has 2 aromatic rings. The van der Waals surface area contributed by atoms with Crippen molar-refractivity contribution in [1.29, 1.82) is 0 Å². The fourth-order valence-corrected chi connectivity index (χ4v) is 3.57. The largest absolute Gasteiger partial charge is 0.378 e. The van der Waals surface area contributed by atoms with Crippen molar-refractivity contribution in [2.24, 2.45) is 0 Å². The minimum Gasteiger partial charge on any atom is -0.378 e. The number of carbonyl (C=O) groups is 1. The molecule has 132 valence electrons. The Hall–Kier alpha value is -2.34. The SMILES string of the molecule is O=C(N1CCOCC1)N1CCc2c(ncn2CCc2ccccc2)C1. The van der Waals surface area contributed by atoms with E-state index in [1.807, 2.05) is 22.2 Å². The summed E-state index contributed by atoms with van der Waals surface area (Å²) in [6, 6.07) is 10.6. The maximum absolute atomic E-state index is 12.6. The number of aryl methyl sites for hydroxylation is 2. The lowest BCUT2D eigenvalue weighted by Crippen LogP contribution is -2.49. The standard InChI is InChI=1S/C19H24N4O2/c24-19(21-10-12-25-13-11-21)22-9-7-18-17(14-22)20-15-23(18)8-6-16-4-2-1-3-5-16/h1-5,15H,6-14H2. The number of aromatic nitrogens is 2. The van der Waals surface area contributed by atoms with Crippen LogP contribution in [0.15, 0.2) is 36.7 Å². The third-order valence-corrected chi connectivity index (χ3v) is 5.03. The molecule has 0 N–H and O–H groups in total. The lowest BCUT2D eigenvalue weighted by molar-refractivity contribution is 0.0420. The summed E-state index contributed by atoms with van der Waals surface area (Å²) >= 11 is 0. The van der Waals surface area contributed by atoms with Crippen LogP contribution < -0.4 is 0 Å². The number of rotatable bonds is 3. The van der Waals surface area contributed by atoms with Crippen LogP contribution in [0.3, 0.4) is 0 Å². The minimum atomic E-state index is 0.118. The molecular weight excluding hydrogens is 316 g/mol. The quantitative estimate of drug-likeness (QED) is 0.858. The van der Waals surface area contributed by atoms with Gasteiger partial charge < -0.3 is 19.1 Å². The normalized spacial score (nSPS) is 17.4. The van der Waals surface area contributed by atoms with Crippen molar-refractivity contribution >= 4 is 6.03 Å². The molecule has 25 heavy (non-hydrogen) atoms. The highest BCUT2D eigenvalue weighted by Gasteiger charge is 2.28. The number of carbonyl (C=O) groups excluding carboxylic acids is 1. The number of amides is 2. The molecule has 1 aromatic carbocycles. The molecule has 2 aliphatic rings. The van der Waals surface area contributed by atoms with E-state index in [1.54, 1.807) is 0 Å². The number of morpholine rings is 1. The zero-order valence-corrected chi connectivity index (χ0v) is 14.4. The van der Waals surface area contributed by atoms with Crippen molar-refractivity contribution < 1.29 is 9.53 Å². The van der Waals surface area contributed by atoms with E-state index in [-0.39, 0.29) is 6.03 Å². The molecule has 4 rings (SSSR count). The summed E-state index contributed by atoms with van der Waals surface area (Å²) in [6.07, 6.45) is 3.80. The third-order valence-electron chi connectivity index (χ3n) is 5.03. The number of nitrogens with zero attached hydrogens (tertiary/aromatic N) is 4. The average molecular weight is 340 g/mol. The molecule has 0 radical (unpaired) electrons. The number of urea groups is 1. The summed E-state index contributed by atoms with van der Waals surface area (Å²) in [6.45, 7) is 4.97. The zero-order valence-electron chi connectivity index (χ0n) is 14.4. The van der Waals surface area contributed by atoms with Crippen LogP contribution in [-0.2, 0) is 30.7 Å². The van der Waals surface area contributed by atoms with Crippen molar-refractivity contribution in [1.82, 2.24) is 19.4 Å². The Morgan fingerprint density at radius 2 is 1.88 bits per heavy atom. The molecule has 0 atom stereocenters. The number of benzene rings is 1. The second-order valence-electron chi connectivity index (χ2n) is 6.62. The Kier molecular flexibility index (Phi) is 4.70. The van der Waals surface area contributed by atoms with Gasteiger partial charge in [0.25, 0.3) is 0 Å². The topological polar surface area (TPSA) is 50.6 Å². The van der Waals surface area contributed by atoms with Crippen molar-refractivity contribution in [3.63, 3.8) is 0 Å². The molecule has 2 aliphatic heterocycles. The van der Waals surface area contributed by atoms with E-state index in [4.69, 9.17) is 4.74 Å². The first-order chi connectivity index (χ1) is 12.3. The first kappa shape index (κ1) is 16.1. The average Bonchev–Trinajstić information content (AvgIpc) is 3.09. The molecule has 1 saturated heterocycles. The summed E-state index contributed by atoms with van der Waals surface area (Å²) in [7, 11) is 0. The summed E-state index contributed by atoms with van der Waals surface area (Å²) in [5, 5.41) is 0. The Labute approximate surface area is 148 Å². The van der Waals surface area contributed by atoms with Gasteiger partial charge in [0.2, 0.25) is 0 Å². The highest BCUT2D eigenvalue weighted by molar-refractivity contribution is 5.74. The number of ether oxygens (including phenoxy) is 1. The molecule has 6 heteroatoms. The zero-order chi connectivity index (χ0) is 17.1. The van der Waals surface area contributed by atoms with Gasteiger partial charge in [-0.15, -0.1) is 0 Å². The Balaban J connectivity index is 1.39. The number of imidazole rings is 1. The molecule has 0 spiro atoms. The van der Waals surface area contributed by atoms with Crippen molar-refractivity contribution in [3.8, 4) is 0 Å². The molecule has 0 bridgehead atoms. The van der Waals surface area contributed by atoms with Gasteiger partial charge in [0.1, 0.15) is 0 Å². The van der Waals surface area contributed by atoms with Crippen LogP contribution in [0.1, 0.15) is 17.0 Å². The fourth-order valence-electron chi connectivity index (χ4n) is 3.57. The van der Waals surface area contributed by atoms with Gasteiger partial charge in [-0.2, -0.15) is 0 Å². The first-order valence-electron chi connectivity index (χ1n) is 8.99. The van der Waals surface area contributed by atoms with Gasteiger partial charge >= 0.3 is 6.03 Å². The summed E-state index contributed by atoms with van der Waals surface area (Å²) < 4.78 is 7.58. The molecule has 6 nitrogen and oxygen atoms in total. The minimum absolute atomic E-state index is 0.118. The summed E-state index contributed by atoms with van der Waals surface area (Å²) in [4.78, 5) is 21.0. The van der Waals surface area contributed by atoms with Crippen molar-refractivity contribution in [2.45, 2.75) is 25.9 Å². The smallest absolute Gasteiger partial charge is 0.320 e. The predicted octanol–water partition coefficient (Wildman–Crippen LogP) is 1.94. The van der Waals surface area contributed by atoms with Gasteiger partial charge in [0.15, 0.2) is 0 Å². The van der Waals surface area contributed by atoms with Crippen LogP contribution in [0.25, 0.3) is 0 Å². The molecule has 1 fully saturated rings. The molecule has 1 aromatic heterocycles. The van der Waals surface area contributed by atoms with Gasteiger partial charge in [-0.05, 0) is 12.0 Å². The van der Waals surface area contributed by atoms with Crippen LogP contribution in [0.4, 0.5) is 4.79 Å². The highest BCUT2D eigenvalue weighted by Crippen LogP contribution is 2.20. The van der Waals surface area contributed by atoms with Crippen LogP contribution in [0, 0.1) is 0 Å². The second kappa shape index (κ2) is 7.27. The Morgan fingerprint density at radius 3 is 2.68 bits per heavy atom. The fraction of sp³-hybridized carbons (Fsp3) is 0.474. The molecule has 2 amide bonds. The van der Waals surface area contributed by atoms with E-state index in [0.717, 1.165) is 31.6 Å². The lowest BCUT2D eigenvalue weighted by Gasteiger charge is -2.34. The van der Waals surface area contributed by atoms with Crippen LogP contribution >= 0.6 is 0 Å². The maximum Gasteiger partial charge on any atom is 0.320 e. The Bertz CT molecular complexity index is 722. The maximum atomic E-state index is 12.6. The summed E-state index contributed by atoms with van der Waals surface area (Å²) in [5.41, 5.74) is 3.66. The number of hydrogen-bond donors (Lipinski definition) is 0. The van der Waals surface area contributed by atoms with E-state index < -0.39 is 0 Å². The molecular formula is C19H24N4O2. The first-order valence-corrected chi connectivity index (χ1v) is 8.99. The van der Waals surface area contributed by atoms with E-state index in [2.05, 4.69) is 33.8 Å². The monoisotopic (exact) mass is 340 g/mol. The number of hydrogen-bond acceptors (Lipinski definition) is 3. The molecule has 0 saturated carbocycles. The second-order valence-corrected chi connectivity index (χ2v) is 6.62. The van der Waals surface area contributed by atoms with E-state index in [9.17, 15) is 4.79 Å². The van der Waals surface area contributed by atoms with Gasteiger partial charge in [-0.25, -0.2) is 9.78 Å². The van der Waals surface area contributed by atoms with E-state index >= 15 is 0 Å². The number of fused-ring (bicyclic) bond motifs is 1. The highest BCUT2D eigenvalue weighted by atomic mass is 16.5. The molecule has 3 heterocycles. The lowest BCUT2D eigenvalue weighted by atomic mass is 10.1. The van der Waals surface area contributed by atoms with Crippen LogP contribution in [0.5, 0.6) is 0 Å². The van der Waals surface area contributed by atoms with Gasteiger partial charge in [0.05, 0.1) is 31.8 Å². The van der Waals surface area contributed by atoms with E-state index in [0.29, 0.717) is 32.8 Å². The van der Waals surface area contributed by atoms with Gasteiger partial charge in [-0.1, -0.05) is 30.3 Å². The molecule has 0 aliphatic carbocycles. The Morgan fingerprint density at radius 1 is 1.08 bits per heavy atom. The predicted molar refractivity (Wildman–Crippen MR) is 94.3 cm³/mol. The van der Waals surface area contributed by atoms with Crippen LogP contribution in [0.2, 0.25) is 0 Å². The van der Waals surface area contributed by atoms with Gasteiger partial charge in [-0.3, -0.25) is 0 Å². The van der Waals surface area contributed by atoms with E-state index in [1.165, 1.54) is 11.3 Å². The third kappa shape index (κ3) is 3.54. The molecule has 0 unspecified atom stereocenters. The summed E-state index contributed by atoms with van der Waals surface area (Å²) in [5.74, 6) is 0. The van der Waals surface area contributed by atoms with Crippen LogP contribution in [-0.4, -0.2) is 58.2 Å². The van der Waals surface area contributed by atoms with Gasteiger partial charge in [0, 0.05) is 38.3 Å². The van der Waals surface area contributed by atoms with Crippen molar-refractivity contribution in [2.75, 3.05) is 32.8 Å². The van der Waals surface area contributed by atoms with Crippen molar-refractivity contribution in [3.05, 3.63) is 53.6 Å².